The molecule has 0 spiro atoms. The lowest BCUT2D eigenvalue weighted by Crippen LogP contribution is -2.33. The fourth-order valence-corrected chi connectivity index (χ4v) is 2.05. The molecule has 0 aromatic heterocycles. The quantitative estimate of drug-likeness (QED) is 0.572. The second-order valence-corrected chi connectivity index (χ2v) is 3.93. The van der Waals surface area contributed by atoms with Gasteiger partial charge in [0.1, 0.15) is 5.71 Å². The predicted octanol–water partition coefficient (Wildman–Crippen LogP) is 1.79. The van der Waals surface area contributed by atoms with Crippen LogP contribution in [0.5, 0.6) is 0 Å². The summed E-state index contributed by atoms with van der Waals surface area (Å²) in [6.45, 7) is 0. The van der Waals surface area contributed by atoms with Gasteiger partial charge in [-0.1, -0.05) is 40.6 Å². The zero-order chi connectivity index (χ0) is 12.3. The van der Waals surface area contributed by atoms with Crippen molar-refractivity contribution in [2.45, 2.75) is 18.8 Å². The number of Topliss-reactive ketones (excluding diaryl/α,β-unsaturated/α-hetero) is 1. The molecule has 5 heteroatoms. The predicted molar refractivity (Wildman–Crippen MR) is 61.9 cm³/mol. The second-order valence-electron chi connectivity index (χ2n) is 3.93. The van der Waals surface area contributed by atoms with Gasteiger partial charge in [0.05, 0.1) is 0 Å². The molecule has 2 N–H and O–H groups in total. The smallest absolute Gasteiger partial charge is 0.187 e. The van der Waals surface area contributed by atoms with Crippen LogP contribution in [0.2, 0.25) is 0 Å². The summed E-state index contributed by atoms with van der Waals surface area (Å²) in [5.74, 6) is -0.333. The van der Waals surface area contributed by atoms with E-state index in [9.17, 15) is 4.79 Å². The Hall–Kier alpha value is -2.17. The van der Waals surface area contributed by atoms with Crippen LogP contribution in [-0.4, -0.2) is 27.6 Å². The maximum absolute atomic E-state index is 11.7. The van der Waals surface area contributed by atoms with Crippen molar-refractivity contribution in [1.82, 2.24) is 0 Å². The van der Waals surface area contributed by atoms with E-state index in [0.717, 1.165) is 5.56 Å². The van der Waals surface area contributed by atoms with Crippen molar-refractivity contribution in [3.05, 3.63) is 35.9 Å². The summed E-state index contributed by atoms with van der Waals surface area (Å²) in [7, 11) is 0. The molecule has 0 unspecified atom stereocenters. The molecular weight excluding hydrogens is 220 g/mol. The summed E-state index contributed by atoms with van der Waals surface area (Å²) in [5.41, 5.74) is 1.01. The van der Waals surface area contributed by atoms with Crippen molar-refractivity contribution in [3.63, 3.8) is 0 Å². The van der Waals surface area contributed by atoms with Gasteiger partial charge in [0.2, 0.25) is 0 Å². The number of benzene rings is 1. The lowest BCUT2D eigenvalue weighted by atomic mass is 9.81. The summed E-state index contributed by atoms with van der Waals surface area (Å²) >= 11 is 0. The Labute approximate surface area is 98.1 Å². The molecule has 0 radical (unpaired) electrons. The third-order valence-corrected chi connectivity index (χ3v) is 2.90. The molecule has 88 valence electrons. The molecule has 1 aromatic rings. The van der Waals surface area contributed by atoms with E-state index in [1.807, 2.05) is 30.3 Å². The van der Waals surface area contributed by atoms with Crippen molar-refractivity contribution in [2.75, 3.05) is 0 Å². The topological polar surface area (TPSA) is 82.2 Å². The standard InChI is InChI=1S/C12H12N2O3/c15-11-7-9(8-4-2-1-3-5-8)6-10(13-16)12(11)14-17/h1-5,9,16-17H,6-7H2/b13-10-,14-12+/t9-/m1/s1. The fourth-order valence-electron chi connectivity index (χ4n) is 2.05. The molecule has 5 nitrogen and oxygen atoms in total. The zero-order valence-electron chi connectivity index (χ0n) is 9.08. The second kappa shape index (κ2) is 4.78. The van der Waals surface area contributed by atoms with Gasteiger partial charge in [-0.05, 0) is 11.5 Å². The molecule has 1 aliphatic rings. The lowest BCUT2D eigenvalue weighted by molar-refractivity contribution is -0.113. The first-order chi connectivity index (χ1) is 8.26. The number of carbonyl (C=O) groups is 1. The van der Waals surface area contributed by atoms with E-state index in [4.69, 9.17) is 10.4 Å². The summed E-state index contributed by atoms with van der Waals surface area (Å²) in [6, 6.07) is 9.54. The molecule has 0 saturated heterocycles. The molecule has 0 aliphatic heterocycles. The largest absolute Gasteiger partial charge is 0.411 e. The number of ketones is 1. The first-order valence-electron chi connectivity index (χ1n) is 5.27. The van der Waals surface area contributed by atoms with Crippen LogP contribution >= 0.6 is 0 Å². The van der Waals surface area contributed by atoms with E-state index < -0.39 is 0 Å². The highest BCUT2D eigenvalue weighted by Gasteiger charge is 2.32. The van der Waals surface area contributed by atoms with E-state index in [1.54, 1.807) is 0 Å². The number of rotatable bonds is 1. The summed E-state index contributed by atoms with van der Waals surface area (Å²) in [6.07, 6.45) is 0.661. The first kappa shape index (κ1) is 11.3. The number of oxime groups is 2. The molecule has 1 fully saturated rings. The van der Waals surface area contributed by atoms with Crippen LogP contribution in [0.4, 0.5) is 0 Å². The van der Waals surface area contributed by atoms with Crippen LogP contribution in [0.1, 0.15) is 24.3 Å². The Morgan fingerprint density at radius 3 is 2.35 bits per heavy atom. The lowest BCUT2D eigenvalue weighted by Gasteiger charge is -2.22. The van der Waals surface area contributed by atoms with Crippen LogP contribution in [-0.2, 0) is 4.79 Å². The Kier molecular flexibility index (Phi) is 3.18. The number of hydrogen-bond donors (Lipinski definition) is 2. The Bertz CT molecular complexity index is 480. The molecule has 0 heterocycles. The van der Waals surface area contributed by atoms with Crippen LogP contribution in [0, 0.1) is 0 Å². The molecule has 1 atom stereocenters. The number of nitrogens with zero attached hydrogens (tertiary/aromatic N) is 2. The Morgan fingerprint density at radius 2 is 1.76 bits per heavy atom. The highest BCUT2D eigenvalue weighted by Crippen LogP contribution is 2.28. The SMILES string of the molecule is O=C1C[C@H](c2ccccc2)CC(=N/O)/C1=N\O. The number of hydrogen-bond acceptors (Lipinski definition) is 5. The first-order valence-corrected chi connectivity index (χ1v) is 5.27. The van der Waals surface area contributed by atoms with Crippen LogP contribution in [0.15, 0.2) is 40.6 Å². The molecule has 0 bridgehead atoms. The molecule has 1 saturated carbocycles. The van der Waals surface area contributed by atoms with E-state index in [1.165, 1.54) is 0 Å². The van der Waals surface area contributed by atoms with E-state index in [0.29, 0.717) is 6.42 Å². The zero-order valence-corrected chi connectivity index (χ0v) is 9.08. The average Bonchev–Trinajstić information content (AvgIpc) is 2.38. The number of carbonyl (C=O) groups excluding carboxylic acids is 1. The molecule has 1 aliphatic carbocycles. The Balaban J connectivity index is 2.29. The van der Waals surface area contributed by atoms with Gasteiger partial charge in [0.15, 0.2) is 11.5 Å². The maximum Gasteiger partial charge on any atom is 0.187 e. The van der Waals surface area contributed by atoms with Crippen LogP contribution in [0.25, 0.3) is 0 Å². The van der Waals surface area contributed by atoms with E-state index in [2.05, 4.69) is 10.3 Å². The monoisotopic (exact) mass is 232 g/mol. The molecule has 1 aromatic carbocycles. The van der Waals surface area contributed by atoms with Gasteiger partial charge >= 0.3 is 0 Å². The van der Waals surface area contributed by atoms with Crippen molar-refractivity contribution in [3.8, 4) is 0 Å². The van der Waals surface area contributed by atoms with Gasteiger partial charge in [0.25, 0.3) is 0 Å². The summed E-state index contributed by atoms with van der Waals surface area (Å²) < 4.78 is 0. The fraction of sp³-hybridized carbons (Fsp3) is 0.250. The molecule has 0 amide bonds. The van der Waals surface area contributed by atoms with Crippen molar-refractivity contribution >= 4 is 17.2 Å². The third kappa shape index (κ3) is 2.18. The Morgan fingerprint density at radius 1 is 1.06 bits per heavy atom. The summed E-state index contributed by atoms with van der Waals surface area (Å²) in [4.78, 5) is 11.7. The van der Waals surface area contributed by atoms with Crippen molar-refractivity contribution in [1.29, 1.82) is 0 Å². The highest BCUT2D eigenvalue weighted by atomic mass is 16.4. The minimum Gasteiger partial charge on any atom is -0.411 e. The van der Waals surface area contributed by atoms with Gasteiger partial charge in [-0.15, -0.1) is 0 Å². The molecule has 17 heavy (non-hydrogen) atoms. The summed E-state index contributed by atoms with van der Waals surface area (Å²) in [5, 5.41) is 23.4. The normalized spacial score (nSPS) is 25.4. The van der Waals surface area contributed by atoms with Gasteiger partial charge in [-0.25, -0.2) is 0 Å². The molecular formula is C12H12N2O3. The van der Waals surface area contributed by atoms with E-state index >= 15 is 0 Å². The van der Waals surface area contributed by atoms with Crippen molar-refractivity contribution in [2.24, 2.45) is 10.3 Å². The average molecular weight is 232 g/mol. The highest BCUT2D eigenvalue weighted by molar-refractivity contribution is 6.68. The van der Waals surface area contributed by atoms with Gasteiger partial charge in [-0.2, -0.15) is 0 Å². The van der Waals surface area contributed by atoms with Gasteiger partial charge < -0.3 is 10.4 Å². The maximum atomic E-state index is 11.7. The molecule has 2 rings (SSSR count). The van der Waals surface area contributed by atoms with Gasteiger partial charge in [-0.3, -0.25) is 4.79 Å². The van der Waals surface area contributed by atoms with Crippen LogP contribution in [0.3, 0.4) is 0 Å². The third-order valence-electron chi connectivity index (χ3n) is 2.90. The van der Waals surface area contributed by atoms with Crippen molar-refractivity contribution < 1.29 is 15.2 Å². The van der Waals surface area contributed by atoms with Crippen LogP contribution < -0.4 is 0 Å². The van der Waals surface area contributed by atoms with E-state index in [-0.39, 0.29) is 29.5 Å². The van der Waals surface area contributed by atoms with Gasteiger partial charge in [0, 0.05) is 12.8 Å². The minimum atomic E-state index is -0.305. The minimum absolute atomic E-state index is 0.0277.